The van der Waals surface area contributed by atoms with E-state index in [-0.39, 0.29) is 16.5 Å². The number of aryl methyl sites for hydroxylation is 1. The fourth-order valence-corrected chi connectivity index (χ4v) is 3.48. The minimum absolute atomic E-state index is 0.120. The van der Waals surface area contributed by atoms with Crippen molar-refractivity contribution in [3.05, 3.63) is 65.0 Å². The molecule has 7 heteroatoms. The average Bonchev–Trinajstić information content (AvgIpc) is 2.54. The van der Waals surface area contributed by atoms with Crippen LogP contribution in [0.3, 0.4) is 0 Å². The van der Waals surface area contributed by atoms with Crippen LogP contribution < -0.4 is 10.5 Å². The van der Waals surface area contributed by atoms with Crippen LogP contribution in [0.2, 0.25) is 0 Å². The van der Waals surface area contributed by atoms with E-state index < -0.39 is 21.7 Å². The number of nitrogens with two attached hydrogens (primary N) is 1. The molecule has 5 nitrogen and oxygen atoms in total. The number of fused-ring (bicyclic) bond motifs is 1. The summed E-state index contributed by atoms with van der Waals surface area (Å²) < 4.78 is 36.6. The lowest BCUT2D eigenvalue weighted by atomic mass is 9.88. The minimum atomic E-state index is -4.00. The Morgan fingerprint density at radius 1 is 1.17 bits per heavy atom. The number of benzene rings is 2. The first-order chi connectivity index (χ1) is 11.3. The van der Waals surface area contributed by atoms with Crippen molar-refractivity contribution in [2.45, 2.75) is 30.2 Å². The highest BCUT2D eigenvalue weighted by atomic mass is 32.2. The number of hydrogen-bond donors (Lipinski definition) is 2. The van der Waals surface area contributed by atoms with Gasteiger partial charge in [0.1, 0.15) is 5.82 Å². The summed E-state index contributed by atoms with van der Waals surface area (Å²) in [7, 11) is -4.00. The molecule has 0 radical (unpaired) electrons. The van der Waals surface area contributed by atoms with Crippen molar-refractivity contribution in [1.29, 1.82) is 0 Å². The monoisotopic (exact) mass is 348 g/mol. The summed E-state index contributed by atoms with van der Waals surface area (Å²) in [5.41, 5.74) is 2.10. The van der Waals surface area contributed by atoms with E-state index in [0.717, 1.165) is 36.6 Å². The van der Waals surface area contributed by atoms with Crippen molar-refractivity contribution in [3.63, 3.8) is 0 Å². The molecule has 0 saturated carbocycles. The Morgan fingerprint density at radius 3 is 2.58 bits per heavy atom. The molecule has 126 valence electrons. The Kier molecular flexibility index (Phi) is 4.38. The maximum absolute atomic E-state index is 13.9. The quantitative estimate of drug-likeness (QED) is 0.886. The molecule has 3 N–H and O–H groups in total. The van der Waals surface area contributed by atoms with E-state index >= 15 is 0 Å². The predicted molar refractivity (Wildman–Crippen MR) is 87.5 cm³/mol. The van der Waals surface area contributed by atoms with E-state index in [1.54, 1.807) is 0 Å². The fourth-order valence-electron chi connectivity index (χ4n) is 2.94. The largest absolute Gasteiger partial charge is 0.349 e. The van der Waals surface area contributed by atoms with Crippen LogP contribution in [0.25, 0.3) is 0 Å². The van der Waals surface area contributed by atoms with E-state index in [1.807, 2.05) is 18.2 Å². The molecule has 0 unspecified atom stereocenters. The SMILES string of the molecule is NS(=O)(=O)c1ccc(F)c(C(=O)N[C@H]2CCc3ccccc3C2)c1. The molecular formula is C17H17FN2O3S. The summed E-state index contributed by atoms with van der Waals surface area (Å²) in [5.74, 6) is -1.42. The van der Waals surface area contributed by atoms with Crippen molar-refractivity contribution in [2.75, 3.05) is 0 Å². The van der Waals surface area contributed by atoms with Gasteiger partial charge in [-0.2, -0.15) is 0 Å². The minimum Gasteiger partial charge on any atom is -0.349 e. The highest BCUT2D eigenvalue weighted by Crippen LogP contribution is 2.22. The molecule has 24 heavy (non-hydrogen) atoms. The molecule has 2 aromatic carbocycles. The van der Waals surface area contributed by atoms with Gasteiger partial charge in [-0.15, -0.1) is 0 Å². The number of amides is 1. The van der Waals surface area contributed by atoms with Crippen LogP contribution in [0, 0.1) is 5.82 Å². The number of hydrogen-bond acceptors (Lipinski definition) is 3. The Morgan fingerprint density at radius 2 is 1.88 bits per heavy atom. The van der Waals surface area contributed by atoms with E-state index in [9.17, 15) is 17.6 Å². The third-order valence-corrected chi connectivity index (χ3v) is 5.10. The van der Waals surface area contributed by atoms with Gasteiger partial charge in [-0.25, -0.2) is 17.9 Å². The molecule has 0 aromatic heterocycles. The molecule has 0 aliphatic heterocycles. The summed E-state index contributed by atoms with van der Waals surface area (Å²) in [4.78, 5) is 12.0. The van der Waals surface area contributed by atoms with Gasteiger partial charge in [0.15, 0.2) is 0 Å². The Bertz CT molecular complexity index is 896. The van der Waals surface area contributed by atoms with Crippen LogP contribution >= 0.6 is 0 Å². The third kappa shape index (κ3) is 3.47. The molecule has 2 aromatic rings. The maximum Gasteiger partial charge on any atom is 0.254 e. The van der Waals surface area contributed by atoms with Gasteiger partial charge in [-0.3, -0.25) is 4.79 Å². The van der Waals surface area contributed by atoms with E-state index in [0.29, 0.717) is 6.42 Å². The summed E-state index contributed by atoms with van der Waals surface area (Å²) in [6.45, 7) is 0. The standard InChI is InChI=1S/C17H17FN2O3S/c18-16-8-7-14(24(19,22)23)10-15(16)17(21)20-13-6-5-11-3-1-2-4-12(11)9-13/h1-4,7-8,10,13H,5-6,9H2,(H,20,21)(H2,19,22,23)/t13-/m0/s1. The van der Waals surface area contributed by atoms with Gasteiger partial charge in [0.05, 0.1) is 10.5 Å². The molecule has 1 atom stereocenters. The van der Waals surface area contributed by atoms with Crippen LogP contribution in [0.4, 0.5) is 4.39 Å². The number of carbonyl (C=O) groups is 1. The molecule has 0 spiro atoms. The van der Waals surface area contributed by atoms with Crippen LogP contribution in [0.15, 0.2) is 47.4 Å². The number of halogens is 1. The van der Waals surface area contributed by atoms with Gasteiger partial charge < -0.3 is 5.32 Å². The van der Waals surface area contributed by atoms with Gasteiger partial charge >= 0.3 is 0 Å². The van der Waals surface area contributed by atoms with Crippen molar-refractivity contribution in [2.24, 2.45) is 5.14 Å². The highest BCUT2D eigenvalue weighted by molar-refractivity contribution is 7.89. The van der Waals surface area contributed by atoms with Crippen molar-refractivity contribution >= 4 is 15.9 Å². The topological polar surface area (TPSA) is 89.3 Å². The number of sulfonamides is 1. The smallest absolute Gasteiger partial charge is 0.254 e. The normalized spacial score (nSPS) is 17.2. The Labute approximate surface area is 139 Å². The van der Waals surface area contributed by atoms with Gasteiger partial charge in [-0.05, 0) is 48.6 Å². The Balaban J connectivity index is 1.79. The molecule has 1 aliphatic carbocycles. The zero-order valence-electron chi connectivity index (χ0n) is 12.8. The molecular weight excluding hydrogens is 331 g/mol. The van der Waals surface area contributed by atoms with Gasteiger partial charge in [0, 0.05) is 6.04 Å². The van der Waals surface area contributed by atoms with Crippen LogP contribution in [-0.2, 0) is 22.9 Å². The second-order valence-electron chi connectivity index (χ2n) is 5.87. The summed E-state index contributed by atoms with van der Waals surface area (Å²) >= 11 is 0. The van der Waals surface area contributed by atoms with Gasteiger partial charge in [0.25, 0.3) is 5.91 Å². The van der Waals surface area contributed by atoms with Gasteiger partial charge in [-0.1, -0.05) is 24.3 Å². The number of primary sulfonamides is 1. The van der Waals surface area contributed by atoms with Crippen molar-refractivity contribution in [1.82, 2.24) is 5.32 Å². The molecule has 3 rings (SSSR count). The summed E-state index contributed by atoms with van der Waals surface area (Å²) in [5, 5.41) is 7.81. The van der Waals surface area contributed by atoms with Crippen molar-refractivity contribution < 1.29 is 17.6 Å². The van der Waals surface area contributed by atoms with Crippen molar-refractivity contribution in [3.8, 4) is 0 Å². The lowest BCUT2D eigenvalue weighted by Gasteiger charge is -2.25. The van der Waals surface area contributed by atoms with Crippen LogP contribution in [0.5, 0.6) is 0 Å². The number of nitrogens with one attached hydrogen (secondary N) is 1. The molecule has 0 fully saturated rings. The average molecular weight is 348 g/mol. The van der Waals surface area contributed by atoms with Gasteiger partial charge in [0.2, 0.25) is 10.0 Å². The molecule has 1 aliphatic rings. The highest BCUT2D eigenvalue weighted by Gasteiger charge is 2.23. The lowest BCUT2D eigenvalue weighted by molar-refractivity contribution is 0.0929. The van der Waals surface area contributed by atoms with E-state index in [4.69, 9.17) is 5.14 Å². The van der Waals surface area contributed by atoms with E-state index in [2.05, 4.69) is 11.4 Å². The number of carbonyl (C=O) groups excluding carboxylic acids is 1. The molecule has 0 saturated heterocycles. The second kappa shape index (κ2) is 6.33. The second-order valence-corrected chi connectivity index (χ2v) is 7.43. The summed E-state index contributed by atoms with van der Waals surface area (Å²) in [6, 6.07) is 10.8. The third-order valence-electron chi connectivity index (χ3n) is 4.19. The predicted octanol–water partition coefficient (Wildman–Crippen LogP) is 1.76. The summed E-state index contributed by atoms with van der Waals surface area (Å²) in [6.07, 6.45) is 2.25. The first kappa shape index (κ1) is 16.6. The zero-order valence-corrected chi connectivity index (χ0v) is 13.6. The maximum atomic E-state index is 13.9. The fraction of sp³-hybridized carbons (Fsp3) is 0.235. The zero-order chi connectivity index (χ0) is 17.3. The van der Waals surface area contributed by atoms with E-state index in [1.165, 1.54) is 5.56 Å². The first-order valence-corrected chi connectivity index (χ1v) is 9.09. The molecule has 0 bridgehead atoms. The lowest BCUT2D eigenvalue weighted by Crippen LogP contribution is -2.39. The van der Waals surface area contributed by atoms with Crippen LogP contribution in [0.1, 0.15) is 27.9 Å². The number of rotatable bonds is 3. The molecule has 1 amide bonds. The molecule has 0 heterocycles. The Hall–Kier alpha value is -2.25. The van der Waals surface area contributed by atoms with Crippen LogP contribution in [-0.4, -0.2) is 20.4 Å². The first-order valence-electron chi connectivity index (χ1n) is 7.54.